The molecule has 27 heavy (non-hydrogen) atoms. The van der Waals surface area contributed by atoms with Crippen molar-refractivity contribution in [1.82, 2.24) is 4.90 Å². The minimum atomic E-state index is -0.443. The van der Waals surface area contributed by atoms with Crippen LogP contribution in [-0.2, 0) is 14.4 Å². The number of hydrogen-bond acceptors (Lipinski definition) is 4. The van der Waals surface area contributed by atoms with Gasteiger partial charge >= 0.3 is 0 Å². The zero-order valence-electron chi connectivity index (χ0n) is 14.7. The second-order valence-electron chi connectivity index (χ2n) is 7.81. The molecule has 1 N–H and O–H groups in total. The first kappa shape index (κ1) is 16.8. The number of halogens is 1. The number of nitrogens with one attached hydrogen (secondary N) is 1. The standard InChI is InChI=1S/C20H19ClN2O4/c1-27-15-5-2-9(21)6-14(15)22-16(24)8-23-19(25)17-10-3-4-11(13-7-12(10)13)18(17)20(23)26/h2-6,10-13,17-18H,7-8H2,1H3,(H,22,24)/t10-,11-,12-,13-,17-,18+/m1/s1. The molecule has 2 bridgehead atoms. The van der Waals surface area contributed by atoms with Crippen LogP contribution in [0.4, 0.5) is 5.69 Å². The van der Waals surface area contributed by atoms with Gasteiger partial charge in [-0.25, -0.2) is 0 Å². The van der Waals surface area contributed by atoms with Crippen LogP contribution < -0.4 is 10.1 Å². The zero-order chi connectivity index (χ0) is 18.9. The highest BCUT2D eigenvalue weighted by molar-refractivity contribution is 6.31. The highest BCUT2D eigenvalue weighted by Gasteiger charge is 2.67. The van der Waals surface area contributed by atoms with Gasteiger partial charge in [-0.3, -0.25) is 19.3 Å². The lowest BCUT2D eigenvalue weighted by atomic mass is 9.63. The van der Waals surface area contributed by atoms with Crippen molar-refractivity contribution in [3.05, 3.63) is 35.4 Å². The Morgan fingerprint density at radius 3 is 2.41 bits per heavy atom. The Kier molecular flexibility index (Phi) is 3.63. The molecule has 1 saturated heterocycles. The summed E-state index contributed by atoms with van der Waals surface area (Å²) in [4.78, 5) is 39.5. The molecule has 1 aromatic rings. The van der Waals surface area contributed by atoms with E-state index in [1.807, 2.05) is 0 Å². The number of ether oxygens (including phenoxy) is 1. The van der Waals surface area contributed by atoms with Crippen LogP contribution in [0, 0.1) is 35.5 Å². The lowest BCUT2D eigenvalue weighted by molar-refractivity contribution is -0.142. The lowest BCUT2D eigenvalue weighted by Crippen LogP contribution is -2.40. The molecule has 2 saturated carbocycles. The molecule has 140 valence electrons. The summed E-state index contributed by atoms with van der Waals surface area (Å²) in [6, 6.07) is 4.88. The first-order valence-electron chi connectivity index (χ1n) is 9.16. The number of amides is 3. The smallest absolute Gasteiger partial charge is 0.244 e. The molecular weight excluding hydrogens is 368 g/mol. The van der Waals surface area contributed by atoms with Gasteiger partial charge in [0.05, 0.1) is 24.6 Å². The summed E-state index contributed by atoms with van der Waals surface area (Å²) in [5.74, 6) is 0.430. The quantitative estimate of drug-likeness (QED) is 0.636. The molecule has 4 aliphatic carbocycles. The van der Waals surface area contributed by atoms with Gasteiger partial charge in [-0.1, -0.05) is 23.8 Å². The summed E-state index contributed by atoms with van der Waals surface area (Å²) >= 11 is 5.98. The molecule has 3 fully saturated rings. The predicted molar refractivity (Wildman–Crippen MR) is 98.1 cm³/mol. The molecule has 1 aromatic carbocycles. The molecule has 6 atom stereocenters. The lowest BCUT2D eigenvalue weighted by Gasteiger charge is -2.37. The maximum Gasteiger partial charge on any atom is 0.244 e. The number of anilines is 1. The Morgan fingerprint density at radius 1 is 1.19 bits per heavy atom. The van der Waals surface area contributed by atoms with Crippen LogP contribution >= 0.6 is 11.6 Å². The van der Waals surface area contributed by atoms with E-state index in [0.29, 0.717) is 28.3 Å². The SMILES string of the molecule is COc1ccc(Cl)cc1NC(=O)CN1C(=O)[C@@H]2[C@@H]3C=C[C@H]([C@H]4C[C@H]34)[C@@H]2C1=O. The number of benzene rings is 1. The Hall–Kier alpha value is -2.34. The van der Waals surface area contributed by atoms with E-state index in [-0.39, 0.29) is 42.0 Å². The fourth-order valence-electron chi connectivity index (χ4n) is 5.29. The van der Waals surface area contributed by atoms with E-state index in [9.17, 15) is 14.4 Å². The van der Waals surface area contributed by atoms with Gasteiger partial charge in [-0.2, -0.15) is 0 Å². The third-order valence-electron chi connectivity index (χ3n) is 6.49. The Bertz CT molecular complexity index is 862. The minimum absolute atomic E-state index is 0.155. The highest BCUT2D eigenvalue weighted by atomic mass is 35.5. The number of rotatable bonds is 4. The third-order valence-corrected chi connectivity index (χ3v) is 6.73. The molecule has 6 rings (SSSR count). The Balaban J connectivity index is 1.33. The fourth-order valence-corrected chi connectivity index (χ4v) is 5.46. The van der Waals surface area contributed by atoms with E-state index in [4.69, 9.17) is 16.3 Å². The second kappa shape index (κ2) is 5.83. The van der Waals surface area contributed by atoms with E-state index in [1.54, 1.807) is 18.2 Å². The molecule has 7 heteroatoms. The van der Waals surface area contributed by atoms with Crippen LogP contribution in [0.1, 0.15) is 6.42 Å². The van der Waals surface area contributed by atoms with Crippen molar-refractivity contribution in [3.63, 3.8) is 0 Å². The summed E-state index contributed by atoms with van der Waals surface area (Å²) in [6.07, 6.45) is 5.35. The van der Waals surface area contributed by atoms with Crippen molar-refractivity contribution in [2.75, 3.05) is 19.0 Å². The number of imide groups is 1. The second-order valence-corrected chi connectivity index (χ2v) is 8.25. The fraction of sp³-hybridized carbons (Fsp3) is 0.450. The molecule has 0 unspecified atom stereocenters. The Morgan fingerprint density at radius 2 is 1.81 bits per heavy atom. The van der Waals surface area contributed by atoms with Gasteiger partial charge in [0.2, 0.25) is 17.7 Å². The first-order valence-corrected chi connectivity index (χ1v) is 9.54. The van der Waals surface area contributed by atoms with E-state index in [0.717, 1.165) is 11.3 Å². The monoisotopic (exact) mass is 386 g/mol. The third kappa shape index (κ3) is 2.42. The van der Waals surface area contributed by atoms with Crippen LogP contribution in [-0.4, -0.2) is 36.3 Å². The van der Waals surface area contributed by atoms with Crippen molar-refractivity contribution >= 4 is 35.0 Å². The molecule has 0 spiro atoms. The van der Waals surface area contributed by atoms with Crippen LogP contribution in [0.2, 0.25) is 5.02 Å². The molecule has 0 aromatic heterocycles. The molecule has 1 heterocycles. The Labute approximate surface area is 161 Å². The van der Waals surface area contributed by atoms with Crippen molar-refractivity contribution in [1.29, 1.82) is 0 Å². The summed E-state index contributed by atoms with van der Waals surface area (Å²) in [5.41, 5.74) is 0.412. The van der Waals surface area contributed by atoms with Crippen molar-refractivity contribution in [2.45, 2.75) is 6.42 Å². The molecule has 6 nitrogen and oxygen atoms in total. The van der Waals surface area contributed by atoms with Crippen LogP contribution in [0.15, 0.2) is 30.4 Å². The van der Waals surface area contributed by atoms with Crippen molar-refractivity contribution < 1.29 is 19.1 Å². The average molecular weight is 387 g/mol. The summed E-state index contributed by atoms with van der Waals surface area (Å²) in [6.45, 7) is -0.283. The number of carbonyl (C=O) groups excluding carboxylic acids is 3. The number of methoxy groups -OCH3 is 1. The van der Waals surface area contributed by atoms with Crippen LogP contribution in [0.3, 0.4) is 0 Å². The van der Waals surface area contributed by atoms with Gasteiger partial charge in [0.25, 0.3) is 0 Å². The molecular formula is C20H19ClN2O4. The topological polar surface area (TPSA) is 75.7 Å². The first-order chi connectivity index (χ1) is 13.0. The normalized spacial score (nSPS) is 35.1. The number of allylic oxidation sites excluding steroid dienone is 2. The number of nitrogens with zero attached hydrogens (tertiary/aromatic N) is 1. The molecule has 3 amide bonds. The van der Waals surface area contributed by atoms with Crippen LogP contribution in [0.25, 0.3) is 0 Å². The summed E-state index contributed by atoms with van der Waals surface area (Å²) in [5, 5.41) is 3.15. The molecule has 0 radical (unpaired) electrons. The van der Waals surface area contributed by atoms with E-state index in [1.165, 1.54) is 7.11 Å². The maximum absolute atomic E-state index is 12.9. The molecule has 1 aliphatic heterocycles. The summed E-state index contributed by atoms with van der Waals surface area (Å²) < 4.78 is 5.21. The van der Waals surface area contributed by atoms with Crippen molar-refractivity contribution in [3.8, 4) is 5.75 Å². The van der Waals surface area contributed by atoms with Gasteiger partial charge < -0.3 is 10.1 Å². The van der Waals surface area contributed by atoms with Gasteiger partial charge in [-0.05, 0) is 48.3 Å². The predicted octanol–water partition coefficient (Wildman–Crippen LogP) is 2.34. The van der Waals surface area contributed by atoms with Gasteiger partial charge in [0.1, 0.15) is 12.3 Å². The zero-order valence-corrected chi connectivity index (χ0v) is 15.5. The molecule has 5 aliphatic rings. The largest absolute Gasteiger partial charge is 0.495 e. The van der Waals surface area contributed by atoms with Crippen LogP contribution in [0.5, 0.6) is 5.75 Å². The maximum atomic E-state index is 12.9. The van der Waals surface area contributed by atoms with E-state index >= 15 is 0 Å². The number of hydrogen-bond donors (Lipinski definition) is 1. The van der Waals surface area contributed by atoms with Crippen molar-refractivity contribution in [2.24, 2.45) is 35.5 Å². The highest BCUT2D eigenvalue weighted by Crippen LogP contribution is 2.65. The van der Waals surface area contributed by atoms with Gasteiger partial charge in [-0.15, -0.1) is 0 Å². The number of carbonyl (C=O) groups is 3. The number of likely N-dealkylation sites (tertiary alicyclic amines) is 1. The summed E-state index contributed by atoms with van der Waals surface area (Å²) in [7, 11) is 1.49. The van der Waals surface area contributed by atoms with E-state index < -0.39 is 5.91 Å². The van der Waals surface area contributed by atoms with Gasteiger partial charge in [0, 0.05) is 5.02 Å². The van der Waals surface area contributed by atoms with E-state index in [2.05, 4.69) is 17.5 Å². The average Bonchev–Trinajstić information content (AvgIpc) is 3.43. The van der Waals surface area contributed by atoms with Gasteiger partial charge in [0.15, 0.2) is 0 Å². The minimum Gasteiger partial charge on any atom is -0.495 e.